The maximum atomic E-state index is 10.9. The van der Waals surface area contributed by atoms with Gasteiger partial charge in [0, 0.05) is 0 Å². The van der Waals surface area contributed by atoms with Crippen LogP contribution in [-0.4, -0.2) is 28.9 Å². The lowest BCUT2D eigenvalue weighted by Gasteiger charge is -2.05. The summed E-state index contributed by atoms with van der Waals surface area (Å²) in [7, 11) is 0. The summed E-state index contributed by atoms with van der Waals surface area (Å²) in [6, 6.07) is 2.67. The van der Waals surface area contributed by atoms with Crippen molar-refractivity contribution in [3.63, 3.8) is 0 Å². The molecule has 1 aromatic carbocycles. The third kappa shape index (κ3) is 1.77. The average Bonchev–Trinajstić information content (AvgIpc) is 2.62. The molecule has 6 nitrogen and oxygen atoms in total. The van der Waals surface area contributed by atoms with Crippen LogP contribution in [0, 0.1) is 0 Å². The molecule has 2 rings (SSSR count). The van der Waals surface area contributed by atoms with E-state index >= 15 is 0 Å². The van der Waals surface area contributed by atoms with Gasteiger partial charge in [0.05, 0.1) is 12.0 Å². The zero-order chi connectivity index (χ0) is 11.7. The Morgan fingerprint density at radius 2 is 1.81 bits per heavy atom. The summed E-state index contributed by atoms with van der Waals surface area (Å²) in [5.74, 6) is -1.58. The van der Waals surface area contributed by atoms with Gasteiger partial charge in [0.1, 0.15) is 0 Å². The highest BCUT2D eigenvalue weighted by molar-refractivity contribution is 5.92. The molecule has 1 heterocycles. The smallest absolute Gasteiger partial charge is 0.336 e. The van der Waals surface area contributed by atoms with Crippen molar-refractivity contribution in [2.24, 2.45) is 0 Å². The van der Waals surface area contributed by atoms with E-state index in [-0.39, 0.29) is 24.3 Å². The number of fused-ring (bicyclic) bond motifs is 1. The van der Waals surface area contributed by atoms with Gasteiger partial charge in [-0.1, -0.05) is 0 Å². The molecule has 1 aliphatic rings. The van der Waals surface area contributed by atoms with Gasteiger partial charge in [0.15, 0.2) is 11.5 Å². The van der Waals surface area contributed by atoms with Crippen LogP contribution in [0.15, 0.2) is 12.1 Å². The van der Waals surface area contributed by atoms with E-state index in [0.717, 1.165) is 0 Å². The number of carbonyl (C=O) groups is 2. The number of carboxylic acid groups (broad SMARTS) is 2. The molecule has 0 amide bonds. The van der Waals surface area contributed by atoms with Crippen molar-refractivity contribution >= 4 is 11.9 Å². The van der Waals surface area contributed by atoms with Crippen molar-refractivity contribution in [1.82, 2.24) is 0 Å². The molecule has 84 valence electrons. The van der Waals surface area contributed by atoms with Gasteiger partial charge in [0.25, 0.3) is 0 Å². The van der Waals surface area contributed by atoms with E-state index in [4.69, 9.17) is 19.7 Å². The summed E-state index contributed by atoms with van der Waals surface area (Å²) >= 11 is 0. The fraction of sp³-hybridized carbons (Fsp3) is 0.200. The number of aliphatic carboxylic acids is 1. The lowest BCUT2D eigenvalue weighted by molar-refractivity contribution is -0.136. The van der Waals surface area contributed by atoms with Gasteiger partial charge >= 0.3 is 11.9 Å². The third-order valence-electron chi connectivity index (χ3n) is 2.17. The van der Waals surface area contributed by atoms with Crippen LogP contribution in [0.25, 0.3) is 0 Å². The summed E-state index contributed by atoms with van der Waals surface area (Å²) in [5.41, 5.74) is 0.121. The lowest BCUT2D eigenvalue weighted by atomic mass is 10.0. The Bertz CT molecular complexity index is 465. The second kappa shape index (κ2) is 3.73. The van der Waals surface area contributed by atoms with E-state index in [1.54, 1.807) is 0 Å². The maximum absolute atomic E-state index is 10.9. The topological polar surface area (TPSA) is 93.1 Å². The molecule has 1 aromatic rings. The zero-order valence-electron chi connectivity index (χ0n) is 8.10. The summed E-state index contributed by atoms with van der Waals surface area (Å²) < 4.78 is 10.1. The quantitative estimate of drug-likeness (QED) is 0.786. The number of rotatable bonds is 3. The Morgan fingerprint density at radius 1 is 1.19 bits per heavy atom. The minimum Gasteiger partial charge on any atom is -0.481 e. The highest BCUT2D eigenvalue weighted by Gasteiger charge is 2.21. The predicted octanol–water partition coefficient (Wildman–Crippen LogP) is 0.741. The van der Waals surface area contributed by atoms with Crippen molar-refractivity contribution in [3.8, 4) is 11.5 Å². The summed E-state index contributed by atoms with van der Waals surface area (Å²) in [5, 5.41) is 17.6. The number of hydrogen-bond acceptors (Lipinski definition) is 4. The Hall–Kier alpha value is -2.24. The SMILES string of the molecule is O=C(O)Cc1cc2c(cc1C(=O)O)OCO2. The molecule has 16 heavy (non-hydrogen) atoms. The first-order chi connectivity index (χ1) is 7.58. The molecule has 1 aliphatic heterocycles. The molecular weight excluding hydrogens is 216 g/mol. The predicted molar refractivity (Wildman–Crippen MR) is 50.9 cm³/mol. The molecule has 0 aliphatic carbocycles. The van der Waals surface area contributed by atoms with Gasteiger partial charge in [-0.25, -0.2) is 4.79 Å². The summed E-state index contributed by atoms with van der Waals surface area (Å²) in [6.07, 6.45) is -0.363. The second-order valence-electron chi connectivity index (χ2n) is 3.24. The van der Waals surface area contributed by atoms with Crippen LogP contribution in [0.4, 0.5) is 0 Å². The van der Waals surface area contributed by atoms with Crippen LogP contribution >= 0.6 is 0 Å². The summed E-state index contributed by atoms with van der Waals surface area (Å²) in [6.45, 7) is 0.0188. The molecule has 0 radical (unpaired) electrons. The molecular formula is C10H8O6. The van der Waals surface area contributed by atoms with Gasteiger partial charge in [0.2, 0.25) is 6.79 Å². The maximum Gasteiger partial charge on any atom is 0.336 e. The largest absolute Gasteiger partial charge is 0.481 e. The number of aromatic carboxylic acids is 1. The Labute approximate surface area is 90.0 Å². The van der Waals surface area contributed by atoms with Crippen LogP contribution in [0.3, 0.4) is 0 Å². The molecule has 0 fully saturated rings. The van der Waals surface area contributed by atoms with Crippen LogP contribution in [0.5, 0.6) is 11.5 Å². The summed E-state index contributed by atoms with van der Waals surface area (Å²) in [4.78, 5) is 21.5. The van der Waals surface area contributed by atoms with Gasteiger partial charge in [-0.2, -0.15) is 0 Å². The lowest BCUT2D eigenvalue weighted by Crippen LogP contribution is -2.07. The molecule has 0 spiro atoms. The third-order valence-corrected chi connectivity index (χ3v) is 2.17. The highest BCUT2D eigenvalue weighted by atomic mass is 16.7. The Morgan fingerprint density at radius 3 is 2.38 bits per heavy atom. The van der Waals surface area contributed by atoms with E-state index in [9.17, 15) is 9.59 Å². The Balaban J connectivity index is 2.48. The molecule has 0 saturated heterocycles. The van der Waals surface area contributed by atoms with E-state index in [1.165, 1.54) is 12.1 Å². The molecule has 0 atom stereocenters. The molecule has 0 bridgehead atoms. The van der Waals surface area contributed by atoms with Crippen LogP contribution in [0.2, 0.25) is 0 Å². The fourth-order valence-electron chi connectivity index (χ4n) is 1.49. The molecule has 0 saturated carbocycles. The highest BCUT2D eigenvalue weighted by Crippen LogP contribution is 2.35. The Kier molecular flexibility index (Phi) is 2.40. The minimum absolute atomic E-state index is 0.0188. The first kappa shape index (κ1) is 10.3. The number of hydrogen-bond donors (Lipinski definition) is 2. The normalized spacial score (nSPS) is 12.5. The molecule has 0 unspecified atom stereocenters. The van der Waals surface area contributed by atoms with Crippen LogP contribution in [-0.2, 0) is 11.2 Å². The second-order valence-corrected chi connectivity index (χ2v) is 3.24. The average molecular weight is 224 g/mol. The van der Waals surface area contributed by atoms with Crippen LogP contribution in [0.1, 0.15) is 15.9 Å². The standard InChI is InChI=1S/C10H8O6/c11-9(12)2-5-1-7-8(16-4-15-7)3-6(5)10(13)14/h1,3H,2,4H2,(H,11,12)(H,13,14). The van der Waals surface area contributed by atoms with Crippen molar-refractivity contribution in [3.05, 3.63) is 23.3 Å². The van der Waals surface area contributed by atoms with Crippen molar-refractivity contribution in [1.29, 1.82) is 0 Å². The van der Waals surface area contributed by atoms with Crippen molar-refractivity contribution in [2.75, 3.05) is 6.79 Å². The van der Waals surface area contributed by atoms with Crippen molar-refractivity contribution in [2.45, 2.75) is 6.42 Å². The first-order valence-corrected chi connectivity index (χ1v) is 4.45. The van der Waals surface area contributed by atoms with Crippen LogP contribution < -0.4 is 9.47 Å². The number of carboxylic acids is 2. The number of benzene rings is 1. The van der Waals surface area contributed by atoms with Gasteiger partial charge in [-0.05, 0) is 17.7 Å². The van der Waals surface area contributed by atoms with E-state index in [0.29, 0.717) is 11.5 Å². The zero-order valence-corrected chi connectivity index (χ0v) is 8.10. The van der Waals surface area contributed by atoms with Gasteiger partial charge in [-0.15, -0.1) is 0 Å². The molecule has 2 N–H and O–H groups in total. The first-order valence-electron chi connectivity index (χ1n) is 4.45. The minimum atomic E-state index is -1.19. The van der Waals surface area contributed by atoms with E-state index in [2.05, 4.69) is 0 Å². The van der Waals surface area contributed by atoms with E-state index in [1.807, 2.05) is 0 Å². The fourth-order valence-corrected chi connectivity index (χ4v) is 1.49. The van der Waals surface area contributed by atoms with E-state index < -0.39 is 11.9 Å². The monoisotopic (exact) mass is 224 g/mol. The molecule has 0 aromatic heterocycles. The van der Waals surface area contributed by atoms with Gasteiger partial charge in [-0.3, -0.25) is 4.79 Å². The van der Waals surface area contributed by atoms with Gasteiger partial charge < -0.3 is 19.7 Å². The molecule has 6 heteroatoms. The number of ether oxygens (including phenoxy) is 2. The van der Waals surface area contributed by atoms with Crippen molar-refractivity contribution < 1.29 is 29.3 Å².